The van der Waals surface area contributed by atoms with Gasteiger partial charge in [0.05, 0.1) is 6.07 Å². The Bertz CT molecular complexity index is 322. The third-order valence-electron chi connectivity index (χ3n) is 3.40. The van der Waals surface area contributed by atoms with E-state index in [0.717, 1.165) is 18.4 Å². The second-order valence-corrected chi connectivity index (χ2v) is 4.91. The third-order valence-corrected chi connectivity index (χ3v) is 3.40. The summed E-state index contributed by atoms with van der Waals surface area (Å²) in [6, 6.07) is 2.14. The molecule has 0 aromatic rings. The standard InChI is InChI=1S/C8H15N.C8H13N/c1-5-6(2)7(3)8(4)9;1-4-8(3,5-2)6-7-9/h6H,3-5,9H2,1-2H3;4H,1,5-6H2,2-3H3. The average Bonchev–Trinajstić information content (AvgIpc) is 2.37. The highest BCUT2D eigenvalue weighted by molar-refractivity contribution is 5.23. The monoisotopic (exact) mass is 248 g/mol. The molecule has 0 bridgehead atoms. The van der Waals surface area contributed by atoms with Gasteiger partial charge in [-0.1, -0.05) is 46.9 Å². The van der Waals surface area contributed by atoms with Crippen molar-refractivity contribution >= 4 is 0 Å². The summed E-state index contributed by atoms with van der Waals surface area (Å²) in [4.78, 5) is 0. The lowest BCUT2D eigenvalue weighted by atomic mass is 9.85. The molecule has 0 radical (unpaired) electrons. The molecule has 0 saturated carbocycles. The van der Waals surface area contributed by atoms with E-state index in [4.69, 9.17) is 11.0 Å². The Labute approximate surface area is 113 Å². The van der Waals surface area contributed by atoms with E-state index in [2.05, 4.69) is 46.6 Å². The van der Waals surface area contributed by atoms with Crippen molar-refractivity contribution in [2.24, 2.45) is 17.1 Å². The van der Waals surface area contributed by atoms with Crippen LogP contribution in [-0.2, 0) is 0 Å². The Hall–Kier alpha value is -1.49. The van der Waals surface area contributed by atoms with E-state index in [9.17, 15) is 0 Å². The largest absolute Gasteiger partial charge is 0.399 e. The van der Waals surface area contributed by atoms with E-state index in [1.165, 1.54) is 0 Å². The predicted octanol–water partition coefficient (Wildman–Crippen LogP) is 4.56. The molecule has 2 atom stereocenters. The summed E-state index contributed by atoms with van der Waals surface area (Å²) < 4.78 is 0. The first kappa shape index (κ1) is 18.9. The van der Waals surface area contributed by atoms with Crippen LogP contribution >= 0.6 is 0 Å². The third kappa shape index (κ3) is 7.73. The molecular weight excluding hydrogens is 220 g/mol. The fourth-order valence-electron chi connectivity index (χ4n) is 1.08. The van der Waals surface area contributed by atoms with Crippen molar-refractivity contribution in [2.75, 3.05) is 0 Å². The van der Waals surface area contributed by atoms with Crippen LogP contribution in [0.15, 0.2) is 37.1 Å². The van der Waals surface area contributed by atoms with E-state index in [1.807, 2.05) is 13.0 Å². The first-order valence-corrected chi connectivity index (χ1v) is 6.42. The molecule has 0 aliphatic rings. The number of nitrogens with zero attached hydrogens (tertiary/aromatic N) is 1. The van der Waals surface area contributed by atoms with Gasteiger partial charge in [-0.15, -0.1) is 6.58 Å². The first-order valence-electron chi connectivity index (χ1n) is 6.42. The molecule has 0 aliphatic carbocycles. The predicted molar refractivity (Wildman–Crippen MR) is 80.7 cm³/mol. The van der Waals surface area contributed by atoms with Crippen LogP contribution in [0.2, 0.25) is 0 Å². The Morgan fingerprint density at radius 3 is 2.06 bits per heavy atom. The highest BCUT2D eigenvalue weighted by atomic mass is 14.6. The van der Waals surface area contributed by atoms with E-state index in [0.29, 0.717) is 18.0 Å². The van der Waals surface area contributed by atoms with Crippen molar-refractivity contribution < 1.29 is 0 Å². The maximum Gasteiger partial charge on any atom is 0.0630 e. The Morgan fingerprint density at radius 1 is 1.44 bits per heavy atom. The minimum Gasteiger partial charge on any atom is -0.399 e. The quantitative estimate of drug-likeness (QED) is 0.553. The van der Waals surface area contributed by atoms with Crippen molar-refractivity contribution in [2.45, 2.75) is 47.0 Å². The molecule has 0 aromatic heterocycles. The highest BCUT2D eigenvalue weighted by Crippen LogP contribution is 2.25. The van der Waals surface area contributed by atoms with Gasteiger partial charge in [-0.05, 0) is 29.7 Å². The molecule has 0 aromatic carbocycles. The molecule has 0 spiro atoms. The molecule has 2 nitrogen and oxygen atoms in total. The van der Waals surface area contributed by atoms with Crippen LogP contribution in [0.5, 0.6) is 0 Å². The topological polar surface area (TPSA) is 49.8 Å². The van der Waals surface area contributed by atoms with Gasteiger partial charge >= 0.3 is 0 Å². The summed E-state index contributed by atoms with van der Waals surface area (Å²) in [5.41, 5.74) is 7.04. The summed E-state index contributed by atoms with van der Waals surface area (Å²) in [5, 5.41) is 8.37. The van der Waals surface area contributed by atoms with Crippen LogP contribution in [0, 0.1) is 22.7 Å². The minimum atomic E-state index is 0.0365. The van der Waals surface area contributed by atoms with E-state index >= 15 is 0 Å². The lowest BCUT2D eigenvalue weighted by molar-refractivity contribution is 0.423. The second kappa shape index (κ2) is 9.53. The Kier molecular flexibility index (Phi) is 9.99. The second-order valence-electron chi connectivity index (χ2n) is 4.91. The molecule has 0 rings (SSSR count). The van der Waals surface area contributed by atoms with Crippen molar-refractivity contribution in [3.8, 4) is 6.07 Å². The summed E-state index contributed by atoms with van der Waals surface area (Å²) in [7, 11) is 0. The normalized spacial score (nSPS) is 14.2. The number of allylic oxidation sites excluding steroid dienone is 2. The van der Waals surface area contributed by atoms with Crippen LogP contribution < -0.4 is 5.73 Å². The van der Waals surface area contributed by atoms with Gasteiger partial charge in [0.25, 0.3) is 0 Å². The highest BCUT2D eigenvalue weighted by Gasteiger charge is 2.15. The summed E-state index contributed by atoms with van der Waals surface area (Å²) in [5.74, 6) is 0.475. The van der Waals surface area contributed by atoms with Crippen molar-refractivity contribution in [1.29, 1.82) is 5.26 Å². The molecule has 2 unspecified atom stereocenters. The Morgan fingerprint density at radius 2 is 1.94 bits per heavy atom. The molecule has 2 N–H and O–H groups in total. The number of rotatable bonds is 6. The fourth-order valence-corrected chi connectivity index (χ4v) is 1.08. The number of hydrogen-bond acceptors (Lipinski definition) is 2. The van der Waals surface area contributed by atoms with Gasteiger partial charge in [-0.2, -0.15) is 5.26 Å². The summed E-state index contributed by atoms with van der Waals surface area (Å²) >= 11 is 0. The molecule has 0 amide bonds. The smallest absolute Gasteiger partial charge is 0.0630 e. The molecule has 2 heteroatoms. The first-order chi connectivity index (χ1) is 8.27. The zero-order valence-corrected chi connectivity index (χ0v) is 12.4. The lowest BCUT2D eigenvalue weighted by Crippen LogP contribution is -2.09. The van der Waals surface area contributed by atoms with Gasteiger partial charge < -0.3 is 5.73 Å². The zero-order valence-electron chi connectivity index (χ0n) is 12.4. The summed E-state index contributed by atoms with van der Waals surface area (Å²) in [6.45, 7) is 19.4. The average molecular weight is 248 g/mol. The number of nitriles is 1. The van der Waals surface area contributed by atoms with Gasteiger partial charge in [0.1, 0.15) is 0 Å². The van der Waals surface area contributed by atoms with Crippen LogP contribution in [0.4, 0.5) is 0 Å². The maximum atomic E-state index is 8.37. The molecule has 0 fully saturated rings. The van der Waals surface area contributed by atoms with Crippen LogP contribution in [0.3, 0.4) is 0 Å². The zero-order chi connectivity index (χ0) is 14.8. The van der Waals surface area contributed by atoms with E-state index in [1.54, 1.807) is 0 Å². The van der Waals surface area contributed by atoms with E-state index < -0.39 is 0 Å². The minimum absolute atomic E-state index is 0.0365. The lowest BCUT2D eigenvalue weighted by Gasteiger charge is -2.18. The van der Waals surface area contributed by atoms with Crippen molar-refractivity contribution in [3.63, 3.8) is 0 Å². The number of hydrogen-bond donors (Lipinski definition) is 1. The molecule has 102 valence electrons. The molecular formula is C16H28N2. The molecule has 0 aliphatic heterocycles. The van der Waals surface area contributed by atoms with Gasteiger partial charge in [-0.25, -0.2) is 0 Å². The van der Waals surface area contributed by atoms with Gasteiger partial charge in [-0.3, -0.25) is 0 Å². The maximum absolute atomic E-state index is 8.37. The van der Waals surface area contributed by atoms with E-state index in [-0.39, 0.29) is 5.41 Å². The van der Waals surface area contributed by atoms with Gasteiger partial charge in [0, 0.05) is 12.1 Å². The van der Waals surface area contributed by atoms with Gasteiger partial charge in [0.15, 0.2) is 0 Å². The van der Waals surface area contributed by atoms with Gasteiger partial charge in [0.2, 0.25) is 0 Å². The van der Waals surface area contributed by atoms with Crippen molar-refractivity contribution in [1.82, 2.24) is 0 Å². The summed E-state index contributed by atoms with van der Waals surface area (Å²) in [6.07, 6.45) is 4.50. The fraction of sp³-hybridized carbons (Fsp3) is 0.562. The molecule has 0 saturated heterocycles. The SMILES string of the molecule is C=C(N)C(=C)C(C)CC.C=CC(C)(CC)CC#N. The molecule has 18 heavy (non-hydrogen) atoms. The van der Waals surface area contributed by atoms with Crippen LogP contribution in [0.1, 0.15) is 47.0 Å². The number of nitrogens with two attached hydrogens (primary N) is 1. The van der Waals surface area contributed by atoms with Crippen molar-refractivity contribution in [3.05, 3.63) is 37.1 Å². The van der Waals surface area contributed by atoms with Crippen LogP contribution in [0.25, 0.3) is 0 Å². The molecule has 0 heterocycles. The van der Waals surface area contributed by atoms with Crippen LogP contribution in [-0.4, -0.2) is 0 Å². The Balaban J connectivity index is 0.